The molecule has 0 unspecified atom stereocenters. The molecule has 0 fully saturated rings. The summed E-state index contributed by atoms with van der Waals surface area (Å²) < 4.78 is 6.10. The van der Waals surface area contributed by atoms with Crippen LogP contribution in [0, 0.1) is 0 Å². The summed E-state index contributed by atoms with van der Waals surface area (Å²) in [7, 11) is 0. The zero-order valence-electron chi connectivity index (χ0n) is 10.3. The molecule has 0 spiro atoms. The van der Waals surface area contributed by atoms with Gasteiger partial charge in [-0.1, -0.05) is 0 Å². The molecule has 0 aliphatic rings. The second-order valence-corrected chi connectivity index (χ2v) is 5.62. The van der Waals surface area contributed by atoms with E-state index in [0.29, 0.717) is 6.54 Å². The van der Waals surface area contributed by atoms with E-state index in [-0.39, 0.29) is 12.5 Å². The highest BCUT2D eigenvalue weighted by atomic mass is 79.9. The Bertz CT molecular complexity index is 388. The summed E-state index contributed by atoms with van der Waals surface area (Å²) in [4.78, 5) is 15.4. The topological polar surface area (TPSA) is 51.2 Å². The smallest absolute Gasteiger partial charge is 0.320 e. The van der Waals surface area contributed by atoms with E-state index >= 15 is 0 Å². The number of aromatic nitrogens is 1. The van der Waals surface area contributed by atoms with Crippen molar-refractivity contribution in [1.82, 2.24) is 10.3 Å². The maximum absolute atomic E-state index is 11.4. The van der Waals surface area contributed by atoms with Crippen molar-refractivity contribution in [3.8, 4) is 0 Å². The van der Waals surface area contributed by atoms with Gasteiger partial charge in [0.25, 0.3) is 0 Å². The van der Waals surface area contributed by atoms with Gasteiger partial charge in [-0.3, -0.25) is 9.78 Å². The second kappa shape index (κ2) is 6.12. The number of pyridine rings is 1. The third kappa shape index (κ3) is 6.38. The summed E-state index contributed by atoms with van der Waals surface area (Å²) in [5.41, 5.74) is 0.582. The molecule has 0 aliphatic heterocycles. The van der Waals surface area contributed by atoms with Gasteiger partial charge >= 0.3 is 5.97 Å². The van der Waals surface area contributed by atoms with Crippen molar-refractivity contribution < 1.29 is 9.53 Å². The highest BCUT2D eigenvalue weighted by Gasteiger charge is 2.15. The molecule has 1 heterocycles. The van der Waals surface area contributed by atoms with E-state index in [2.05, 4.69) is 26.2 Å². The number of rotatable bonds is 4. The number of nitrogens with one attached hydrogen (secondary N) is 1. The third-order valence-electron chi connectivity index (χ3n) is 1.78. The molecule has 0 aromatic carbocycles. The highest BCUT2D eigenvalue weighted by Crippen LogP contribution is 2.09. The molecule has 0 bridgehead atoms. The summed E-state index contributed by atoms with van der Waals surface area (Å²) in [5.74, 6) is -0.250. The fraction of sp³-hybridized carbons (Fsp3) is 0.500. The van der Waals surface area contributed by atoms with Crippen LogP contribution in [0.4, 0.5) is 0 Å². The van der Waals surface area contributed by atoms with Crippen LogP contribution in [0.25, 0.3) is 0 Å². The molecule has 17 heavy (non-hydrogen) atoms. The van der Waals surface area contributed by atoms with Gasteiger partial charge in [0.1, 0.15) is 5.60 Å². The monoisotopic (exact) mass is 300 g/mol. The molecule has 0 atom stereocenters. The Labute approximate surface area is 110 Å². The predicted octanol–water partition coefficient (Wildman–Crippen LogP) is 2.28. The van der Waals surface area contributed by atoms with Gasteiger partial charge in [0.2, 0.25) is 0 Å². The van der Waals surface area contributed by atoms with Crippen LogP contribution in [-0.4, -0.2) is 23.1 Å². The summed E-state index contributed by atoms with van der Waals surface area (Å²) in [6, 6.07) is 1.95. The lowest BCUT2D eigenvalue weighted by molar-refractivity contribution is -0.153. The molecule has 0 radical (unpaired) electrons. The van der Waals surface area contributed by atoms with Crippen LogP contribution in [0.2, 0.25) is 0 Å². The Morgan fingerprint density at radius 1 is 1.47 bits per heavy atom. The average molecular weight is 301 g/mol. The van der Waals surface area contributed by atoms with Crippen molar-refractivity contribution in [3.05, 3.63) is 28.5 Å². The van der Waals surface area contributed by atoms with E-state index in [4.69, 9.17) is 4.74 Å². The molecule has 5 heteroatoms. The third-order valence-corrected chi connectivity index (χ3v) is 2.21. The number of carbonyl (C=O) groups is 1. The first-order valence-electron chi connectivity index (χ1n) is 5.39. The molecule has 1 aromatic heterocycles. The zero-order chi connectivity index (χ0) is 12.9. The minimum Gasteiger partial charge on any atom is -0.459 e. The molecular formula is C12H17BrN2O2. The molecule has 1 N–H and O–H groups in total. The van der Waals surface area contributed by atoms with Crippen molar-refractivity contribution in [2.75, 3.05) is 6.54 Å². The number of ether oxygens (including phenoxy) is 1. The fourth-order valence-electron chi connectivity index (χ4n) is 1.24. The van der Waals surface area contributed by atoms with Gasteiger partial charge in [-0.15, -0.1) is 0 Å². The molecule has 0 amide bonds. The maximum atomic E-state index is 11.4. The fourth-order valence-corrected chi connectivity index (χ4v) is 1.65. The van der Waals surface area contributed by atoms with Crippen LogP contribution >= 0.6 is 15.9 Å². The van der Waals surface area contributed by atoms with Crippen molar-refractivity contribution >= 4 is 21.9 Å². The first-order valence-corrected chi connectivity index (χ1v) is 6.18. The van der Waals surface area contributed by atoms with Gasteiger partial charge in [-0.25, -0.2) is 0 Å². The Balaban J connectivity index is 2.31. The van der Waals surface area contributed by atoms with Crippen LogP contribution in [-0.2, 0) is 16.1 Å². The van der Waals surface area contributed by atoms with Crippen molar-refractivity contribution in [2.24, 2.45) is 0 Å². The van der Waals surface area contributed by atoms with Crippen LogP contribution < -0.4 is 5.32 Å². The number of nitrogens with zero attached hydrogens (tertiary/aromatic N) is 1. The van der Waals surface area contributed by atoms with Gasteiger partial charge in [0.15, 0.2) is 0 Å². The van der Waals surface area contributed by atoms with Crippen molar-refractivity contribution in [1.29, 1.82) is 0 Å². The zero-order valence-corrected chi connectivity index (χ0v) is 11.9. The number of esters is 1. The van der Waals surface area contributed by atoms with Gasteiger partial charge < -0.3 is 10.1 Å². The van der Waals surface area contributed by atoms with Crippen molar-refractivity contribution in [3.63, 3.8) is 0 Å². The van der Waals surface area contributed by atoms with E-state index in [9.17, 15) is 4.79 Å². The lowest BCUT2D eigenvalue weighted by atomic mass is 10.2. The lowest BCUT2D eigenvalue weighted by Crippen LogP contribution is -2.31. The Morgan fingerprint density at radius 2 is 2.18 bits per heavy atom. The number of hydrogen-bond acceptors (Lipinski definition) is 4. The van der Waals surface area contributed by atoms with Crippen LogP contribution in [0.1, 0.15) is 26.3 Å². The molecule has 0 saturated carbocycles. The van der Waals surface area contributed by atoms with Crippen LogP contribution in [0.5, 0.6) is 0 Å². The average Bonchev–Trinajstić information content (AvgIpc) is 2.14. The van der Waals surface area contributed by atoms with E-state index in [1.165, 1.54) is 0 Å². The van der Waals surface area contributed by atoms with E-state index in [0.717, 1.165) is 10.0 Å². The summed E-state index contributed by atoms with van der Waals surface area (Å²) in [6.07, 6.45) is 3.48. The van der Waals surface area contributed by atoms with Crippen molar-refractivity contribution in [2.45, 2.75) is 32.9 Å². The van der Waals surface area contributed by atoms with Gasteiger partial charge in [-0.05, 0) is 48.3 Å². The predicted molar refractivity (Wildman–Crippen MR) is 69.5 cm³/mol. The Kier molecular flexibility index (Phi) is 5.08. The van der Waals surface area contributed by atoms with Gasteiger partial charge in [0, 0.05) is 23.4 Å². The highest BCUT2D eigenvalue weighted by molar-refractivity contribution is 9.10. The summed E-state index contributed by atoms with van der Waals surface area (Å²) in [6.45, 7) is 6.34. The van der Waals surface area contributed by atoms with E-state index in [1.807, 2.05) is 26.8 Å². The first-order chi connectivity index (χ1) is 7.87. The van der Waals surface area contributed by atoms with E-state index < -0.39 is 5.60 Å². The number of carbonyl (C=O) groups excluding carboxylic acids is 1. The number of hydrogen-bond donors (Lipinski definition) is 1. The molecular weight excluding hydrogens is 284 g/mol. The number of halogens is 1. The Hall–Kier alpha value is -0.940. The van der Waals surface area contributed by atoms with Gasteiger partial charge in [-0.2, -0.15) is 0 Å². The normalized spacial score (nSPS) is 11.3. The maximum Gasteiger partial charge on any atom is 0.320 e. The SMILES string of the molecule is CC(C)(C)OC(=O)CNCc1cncc(Br)c1. The minimum atomic E-state index is -0.434. The van der Waals surface area contributed by atoms with Gasteiger partial charge in [0.05, 0.1) is 6.54 Å². The van der Waals surface area contributed by atoms with Crippen LogP contribution in [0.15, 0.2) is 22.9 Å². The second-order valence-electron chi connectivity index (χ2n) is 4.70. The Morgan fingerprint density at radius 3 is 2.76 bits per heavy atom. The molecule has 94 valence electrons. The van der Waals surface area contributed by atoms with E-state index in [1.54, 1.807) is 12.4 Å². The summed E-state index contributed by atoms with van der Waals surface area (Å²) >= 11 is 3.34. The quantitative estimate of drug-likeness (QED) is 0.867. The molecule has 0 aliphatic carbocycles. The standard InChI is InChI=1S/C12H17BrN2O2/c1-12(2,3)17-11(16)8-15-6-9-4-10(13)7-14-5-9/h4-5,7,15H,6,8H2,1-3H3. The lowest BCUT2D eigenvalue weighted by Gasteiger charge is -2.19. The van der Waals surface area contributed by atoms with Crippen LogP contribution in [0.3, 0.4) is 0 Å². The molecule has 1 rings (SSSR count). The first kappa shape index (κ1) is 14.1. The molecule has 4 nitrogen and oxygen atoms in total. The molecule has 1 aromatic rings. The molecule has 0 saturated heterocycles. The summed E-state index contributed by atoms with van der Waals surface area (Å²) in [5, 5.41) is 3.02. The minimum absolute atomic E-state index is 0.198. The largest absolute Gasteiger partial charge is 0.459 e.